The van der Waals surface area contributed by atoms with Gasteiger partial charge in [-0.25, -0.2) is 12.8 Å². The van der Waals surface area contributed by atoms with Gasteiger partial charge in [-0.3, -0.25) is 9.35 Å². The minimum Gasteiger partial charge on any atom is -0.340 e. The van der Waals surface area contributed by atoms with Crippen LogP contribution in [0.2, 0.25) is 0 Å². The molecule has 1 amide bonds. The number of carbonyl (C=O) groups excluding carboxylic acids is 1. The molecule has 3 aromatic carbocycles. The average molecular weight is 590 g/mol. The van der Waals surface area contributed by atoms with Crippen LogP contribution in [-0.2, 0) is 24.7 Å². The molecule has 12 heteroatoms. The summed E-state index contributed by atoms with van der Waals surface area (Å²) in [4.78, 5) is 16.7. The van der Waals surface area contributed by atoms with Crippen molar-refractivity contribution in [1.82, 2.24) is 4.90 Å². The van der Waals surface area contributed by atoms with Gasteiger partial charge in [-0.05, 0) is 98.6 Å². The number of anilines is 3. The van der Waals surface area contributed by atoms with Crippen LogP contribution < -0.4 is 10.2 Å². The van der Waals surface area contributed by atoms with E-state index in [9.17, 15) is 30.6 Å². The molecule has 0 radical (unpaired) electrons. The number of likely N-dealkylation sites (tertiary alicyclic amines) is 1. The summed E-state index contributed by atoms with van der Waals surface area (Å²) < 4.78 is 69.4. The molecule has 2 N–H and O–H groups in total. The number of hydrogen-bond donors (Lipinski definition) is 2. The molecule has 214 valence electrons. The zero-order valence-corrected chi connectivity index (χ0v) is 23.7. The van der Waals surface area contributed by atoms with Crippen LogP contribution in [0.3, 0.4) is 0 Å². The molecule has 40 heavy (non-hydrogen) atoms. The Bertz CT molecular complexity index is 1540. The number of nitrogens with zero attached hydrogens (tertiary/aromatic N) is 2. The van der Waals surface area contributed by atoms with Crippen molar-refractivity contribution >= 4 is 42.9 Å². The molecule has 0 unspecified atom stereocenters. The summed E-state index contributed by atoms with van der Waals surface area (Å²) in [6.45, 7) is 2.77. The van der Waals surface area contributed by atoms with Gasteiger partial charge < -0.3 is 15.1 Å². The van der Waals surface area contributed by atoms with Crippen molar-refractivity contribution in [2.45, 2.75) is 29.1 Å². The van der Waals surface area contributed by atoms with Gasteiger partial charge in [-0.1, -0.05) is 6.07 Å². The highest BCUT2D eigenvalue weighted by Gasteiger charge is 2.23. The van der Waals surface area contributed by atoms with Crippen LogP contribution in [0, 0.1) is 11.7 Å². The van der Waals surface area contributed by atoms with Gasteiger partial charge in [-0.2, -0.15) is 8.42 Å². The first-order valence-electron chi connectivity index (χ1n) is 12.8. The Morgan fingerprint density at radius 1 is 0.950 bits per heavy atom. The second kappa shape index (κ2) is 12.5. The van der Waals surface area contributed by atoms with E-state index in [4.69, 9.17) is 0 Å². The Morgan fingerprint density at radius 2 is 1.57 bits per heavy atom. The summed E-state index contributed by atoms with van der Waals surface area (Å²) >= 11 is 0. The van der Waals surface area contributed by atoms with Crippen LogP contribution in [0.1, 0.15) is 19.3 Å². The molecule has 0 spiro atoms. The summed E-state index contributed by atoms with van der Waals surface area (Å²) in [6, 6.07) is 18.0. The average Bonchev–Trinajstić information content (AvgIpc) is 2.89. The number of rotatable bonds is 10. The fraction of sp³-hybridized carbons (Fsp3) is 0.321. The highest BCUT2D eigenvalue weighted by Crippen LogP contribution is 2.28. The summed E-state index contributed by atoms with van der Waals surface area (Å²) in [6.07, 6.45) is 3.18. The molecule has 9 nitrogen and oxygen atoms in total. The first kappa shape index (κ1) is 29.7. The molecule has 0 saturated carbocycles. The van der Waals surface area contributed by atoms with Crippen LogP contribution in [-0.4, -0.2) is 64.6 Å². The zero-order valence-electron chi connectivity index (χ0n) is 22.0. The van der Waals surface area contributed by atoms with E-state index in [0.29, 0.717) is 36.6 Å². The van der Waals surface area contributed by atoms with Crippen molar-refractivity contribution in [2.24, 2.45) is 5.92 Å². The first-order valence-corrected chi connectivity index (χ1v) is 16.1. The van der Waals surface area contributed by atoms with Gasteiger partial charge in [-0.15, -0.1) is 0 Å². The van der Waals surface area contributed by atoms with E-state index in [1.54, 1.807) is 36.4 Å². The maximum atomic E-state index is 14.0. The summed E-state index contributed by atoms with van der Waals surface area (Å²) in [5.41, 5.74) is 1.83. The van der Waals surface area contributed by atoms with Crippen LogP contribution in [0.5, 0.6) is 0 Å². The second-order valence-corrected chi connectivity index (χ2v) is 13.4. The van der Waals surface area contributed by atoms with E-state index in [0.717, 1.165) is 32.2 Å². The molecule has 1 heterocycles. The van der Waals surface area contributed by atoms with Crippen LogP contribution in [0.25, 0.3) is 0 Å². The lowest BCUT2D eigenvalue weighted by Gasteiger charge is -2.34. The van der Waals surface area contributed by atoms with Gasteiger partial charge in [0, 0.05) is 42.8 Å². The van der Waals surface area contributed by atoms with Crippen LogP contribution >= 0.6 is 0 Å². The van der Waals surface area contributed by atoms with Gasteiger partial charge in [0.15, 0.2) is 9.84 Å². The molecule has 1 saturated heterocycles. The molecule has 3 aromatic rings. The standard InChI is InChI=1S/C28H32FN3O6S2/c1-39(34,35)26-9-5-23(6-10-26)30-28(33)19-21-13-15-31(16-14-21)17-18-32(25-4-2-3-22(29)20-25)24-7-11-27(12-8-24)40(36,37)38/h2-12,20-21H,13-19H2,1H3,(H,30,33)(H,36,37,38). The van der Waals surface area contributed by atoms with E-state index in [1.165, 1.54) is 36.4 Å². The molecule has 1 aliphatic rings. The Balaban J connectivity index is 1.32. The van der Waals surface area contributed by atoms with Gasteiger partial charge in [0.25, 0.3) is 10.1 Å². The van der Waals surface area contributed by atoms with Gasteiger partial charge in [0.1, 0.15) is 5.82 Å². The van der Waals surface area contributed by atoms with Gasteiger partial charge in [0.05, 0.1) is 9.79 Å². The number of nitrogens with one attached hydrogen (secondary N) is 1. The van der Waals surface area contributed by atoms with E-state index in [1.807, 2.05) is 4.90 Å². The molecular formula is C28H32FN3O6S2. The molecule has 1 aliphatic heterocycles. The molecule has 0 aliphatic carbocycles. The lowest BCUT2D eigenvalue weighted by atomic mass is 9.93. The third kappa shape index (κ3) is 8.10. The molecule has 1 fully saturated rings. The first-order chi connectivity index (χ1) is 18.9. The van der Waals surface area contributed by atoms with Crippen LogP contribution in [0.4, 0.5) is 21.5 Å². The summed E-state index contributed by atoms with van der Waals surface area (Å²) in [5.74, 6) is -0.280. The number of sulfone groups is 1. The topological polar surface area (TPSA) is 124 Å². The molecule has 0 aromatic heterocycles. The fourth-order valence-corrected chi connectivity index (χ4v) is 5.88. The van der Waals surface area contributed by atoms with Crippen molar-refractivity contribution in [3.63, 3.8) is 0 Å². The van der Waals surface area contributed by atoms with Gasteiger partial charge in [0.2, 0.25) is 5.91 Å². The largest absolute Gasteiger partial charge is 0.340 e. The quantitative estimate of drug-likeness (QED) is 0.335. The molecule has 0 bridgehead atoms. The van der Waals surface area contributed by atoms with Crippen molar-refractivity contribution in [3.8, 4) is 0 Å². The van der Waals surface area contributed by atoms with E-state index < -0.39 is 20.0 Å². The number of piperidine rings is 1. The second-order valence-electron chi connectivity index (χ2n) is 9.93. The summed E-state index contributed by atoms with van der Waals surface area (Å²) in [5, 5.41) is 2.84. The predicted octanol–water partition coefficient (Wildman–Crippen LogP) is 4.35. The third-order valence-corrected chi connectivity index (χ3v) is 8.95. The minimum absolute atomic E-state index is 0.115. The maximum absolute atomic E-state index is 14.0. The van der Waals surface area contributed by atoms with Crippen molar-refractivity contribution in [3.05, 3.63) is 78.6 Å². The number of halogens is 1. The Kier molecular flexibility index (Phi) is 9.24. The number of carbonyl (C=O) groups is 1. The van der Waals surface area contributed by atoms with Crippen LogP contribution in [0.15, 0.2) is 82.6 Å². The number of hydrogen-bond acceptors (Lipinski definition) is 7. The Morgan fingerprint density at radius 3 is 2.15 bits per heavy atom. The van der Waals surface area contributed by atoms with E-state index >= 15 is 0 Å². The Hall–Kier alpha value is -3.32. The minimum atomic E-state index is -4.32. The van der Waals surface area contributed by atoms with Crippen molar-refractivity contribution in [1.29, 1.82) is 0 Å². The number of benzene rings is 3. The van der Waals surface area contributed by atoms with Crippen molar-refractivity contribution in [2.75, 3.05) is 42.7 Å². The monoisotopic (exact) mass is 589 g/mol. The van der Waals surface area contributed by atoms with Gasteiger partial charge >= 0.3 is 0 Å². The third-order valence-electron chi connectivity index (χ3n) is 6.95. The van der Waals surface area contributed by atoms with E-state index in [-0.39, 0.29) is 27.4 Å². The van der Waals surface area contributed by atoms with E-state index in [2.05, 4.69) is 10.2 Å². The predicted molar refractivity (Wildman–Crippen MR) is 152 cm³/mol. The highest BCUT2D eigenvalue weighted by molar-refractivity contribution is 7.90. The molecule has 4 rings (SSSR count). The smallest absolute Gasteiger partial charge is 0.294 e. The lowest BCUT2D eigenvalue weighted by Crippen LogP contribution is -2.39. The normalized spacial score (nSPS) is 15.1. The van der Waals surface area contributed by atoms with Crippen molar-refractivity contribution < 1.29 is 30.6 Å². The summed E-state index contributed by atoms with van der Waals surface area (Å²) in [7, 11) is -7.62. The molecule has 0 atom stereocenters. The highest BCUT2D eigenvalue weighted by atomic mass is 32.2. The lowest BCUT2D eigenvalue weighted by molar-refractivity contribution is -0.117. The SMILES string of the molecule is CS(=O)(=O)c1ccc(NC(=O)CC2CCN(CCN(c3ccc(S(=O)(=O)O)cc3)c3cccc(F)c3)CC2)cc1. The number of amides is 1. The fourth-order valence-electron chi connectivity index (χ4n) is 4.76. The molecular weight excluding hydrogens is 557 g/mol. The zero-order chi connectivity index (χ0) is 28.9. The maximum Gasteiger partial charge on any atom is 0.294 e. The Labute approximate surface area is 234 Å².